The van der Waals surface area contributed by atoms with E-state index in [0.29, 0.717) is 29.1 Å². The Balaban J connectivity index is 1.46. The van der Waals surface area contributed by atoms with Gasteiger partial charge in [0.15, 0.2) is 0 Å². The average molecular weight is 692 g/mol. The summed E-state index contributed by atoms with van der Waals surface area (Å²) in [5.74, 6) is -1.15. The van der Waals surface area contributed by atoms with Crippen molar-refractivity contribution in [3.8, 4) is 17.1 Å². The molecule has 13 nitrogen and oxygen atoms in total. The summed E-state index contributed by atoms with van der Waals surface area (Å²) < 4.78 is 29.0. The summed E-state index contributed by atoms with van der Waals surface area (Å²) in [5.41, 5.74) is 0.342. The number of esters is 2. The molecule has 0 radical (unpaired) electrons. The summed E-state index contributed by atoms with van der Waals surface area (Å²) >= 11 is 0. The first-order chi connectivity index (χ1) is 23.4. The van der Waals surface area contributed by atoms with E-state index >= 15 is 0 Å². The van der Waals surface area contributed by atoms with E-state index < -0.39 is 47.0 Å². The molecule has 0 spiro atoms. The number of aryl methyl sites for hydroxylation is 1. The number of carbonyl (C=O) groups excluding carboxylic acids is 4. The molecule has 5 rings (SSSR count). The minimum Gasteiger partial charge on any atom is -0.457 e. The number of rotatable bonds is 8. The zero-order chi connectivity index (χ0) is 36.8. The number of benzene rings is 1. The van der Waals surface area contributed by atoms with Crippen molar-refractivity contribution in [2.45, 2.75) is 124 Å². The van der Waals surface area contributed by atoms with Crippen LogP contribution in [-0.2, 0) is 53.7 Å². The van der Waals surface area contributed by atoms with Crippen molar-refractivity contribution in [1.82, 2.24) is 14.9 Å². The molecule has 0 bridgehead atoms. The van der Waals surface area contributed by atoms with Crippen LogP contribution in [0.3, 0.4) is 0 Å². The molecule has 13 heteroatoms. The Hall–Kier alpha value is -4.94. The summed E-state index contributed by atoms with van der Waals surface area (Å²) in [7, 11) is 0. The Kier molecular flexibility index (Phi) is 9.75. The van der Waals surface area contributed by atoms with Gasteiger partial charge in [0.1, 0.15) is 23.6 Å². The van der Waals surface area contributed by atoms with Crippen molar-refractivity contribution < 1.29 is 42.9 Å². The lowest BCUT2D eigenvalue weighted by atomic mass is 9.85. The van der Waals surface area contributed by atoms with E-state index in [1.54, 1.807) is 84.2 Å². The molecule has 0 unspecified atom stereocenters. The molecule has 0 saturated heterocycles. The normalized spacial score (nSPS) is 17.2. The number of nitrogens with zero attached hydrogens (tertiary/aromatic N) is 2. The van der Waals surface area contributed by atoms with Gasteiger partial charge >= 0.3 is 24.2 Å². The fourth-order valence-corrected chi connectivity index (χ4v) is 6.29. The fraction of sp³-hybridized carbons (Fsp3) is 0.514. The number of pyridine rings is 2. The van der Waals surface area contributed by atoms with Crippen LogP contribution in [-0.4, -0.2) is 51.0 Å². The molecule has 1 amide bonds. The van der Waals surface area contributed by atoms with Crippen molar-refractivity contribution in [2.24, 2.45) is 0 Å². The molecule has 50 heavy (non-hydrogen) atoms. The van der Waals surface area contributed by atoms with E-state index in [2.05, 4.69) is 5.32 Å². The highest BCUT2D eigenvalue weighted by molar-refractivity contribution is 5.91. The van der Waals surface area contributed by atoms with Crippen molar-refractivity contribution in [3.05, 3.63) is 56.9 Å². The van der Waals surface area contributed by atoms with Gasteiger partial charge in [-0.25, -0.2) is 19.4 Å². The Bertz CT molecular complexity index is 1930. The van der Waals surface area contributed by atoms with Gasteiger partial charge in [0, 0.05) is 29.0 Å². The second kappa shape index (κ2) is 13.4. The summed E-state index contributed by atoms with van der Waals surface area (Å²) in [6, 6.07) is 6.40. The SMILES string of the molecule is CCc1c2c(nc3ccc(OC(=O)OC(C)(C)C)cc13)-c1cc3c(c(=O)n1C2)COC(=O)[C@@]3(CC)OC(=O)CC[C@H](C)NC(=O)OC(C)(C)C. The highest BCUT2D eigenvalue weighted by atomic mass is 16.7. The number of alkyl carbamates (subject to hydrolysis) is 1. The molecule has 4 heterocycles. The maximum Gasteiger partial charge on any atom is 0.514 e. The largest absolute Gasteiger partial charge is 0.514 e. The van der Waals surface area contributed by atoms with Gasteiger partial charge < -0.3 is 33.6 Å². The Morgan fingerprint density at radius 2 is 1.72 bits per heavy atom. The predicted octanol–water partition coefficient (Wildman–Crippen LogP) is 6.20. The Labute approximate surface area is 290 Å². The lowest BCUT2D eigenvalue weighted by Crippen LogP contribution is -2.47. The second-order valence-corrected chi connectivity index (χ2v) is 14.6. The maximum absolute atomic E-state index is 14.0. The number of fused-ring (bicyclic) bond motifs is 5. The molecule has 0 aliphatic carbocycles. The lowest BCUT2D eigenvalue weighted by Gasteiger charge is -2.35. The summed E-state index contributed by atoms with van der Waals surface area (Å²) in [6.07, 6.45) is -0.693. The van der Waals surface area contributed by atoms with Gasteiger partial charge in [-0.3, -0.25) is 9.59 Å². The van der Waals surface area contributed by atoms with Crippen LogP contribution < -0.4 is 15.6 Å². The van der Waals surface area contributed by atoms with Gasteiger partial charge in [-0.05, 0) is 97.6 Å². The first kappa shape index (κ1) is 36.3. The quantitative estimate of drug-likeness (QED) is 0.127. The molecule has 2 atom stereocenters. The minimum atomic E-state index is -1.84. The number of hydrogen-bond acceptors (Lipinski definition) is 11. The number of amides is 1. The fourth-order valence-electron chi connectivity index (χ4n) is 6.29. The van der Waals surface area contributed by atoms with Crippen LogP contribution in [0.4, 0.5) is 9.59 Å². The highest BCUT2D eigenvalue weighted by Crippen LogP contribution is 2.42. The number of carbonyl (C=O) groups is 4. The topological polar surface area (TPSA) is 161 Å². The second-order valence-electron chi connectivity index (χ2n) is 14.6. The highest BCUT2D eigenvalue weighted by Gasteiger charge is 2.50. The first-order valence-corrected chi connectivity index (χ1v) is 16.9. The third kappa shape index (κ3) is 7.31. The zero-order valence-corrected chi connectivity index (χ0v) is 30.1. The van der Waals surface area contributed by atoms with Gasteiger partial charge in [-0.1, -0.05) is 13.8 Å². The molecule has 268 valence electrons. The zero-order valence-electron chi connectivity index (χ0n) is 30.1. The van der Waals surface area contributed by atoms with E-state index in [-0.39, 0.29) is 49.1 Å². The summed E-state index contributed by atoms with van der Waals surface area (Å²) in [5, 5.41) is 3.46. The molecule has 2 aliphatic heterocycles. The molecular weight excluding hydrogens is 646 g/mol. The maximum atomic E-state index is 14.0. The summed E-state index contributed by atoms with van der Waals surface area (Å²) in [6.45, 7) is 15.9. The smallest absolute Gasteiger partial charge is 0.457 e. The van der Waals surface area contributed by atoms with E-state index in [1.165, 1.54) is 0 Å². The van der Waals surface area contributed by atoms with Crippen LogP contribution in [0.2, 0.25) is 0 Å². The van der Waals surface area contributed by atoms with Crippen molar-refractivity contribution >= 4 is 35.1 Å². The van der Waals surface area contributed by atoms with E-state index in [0.717, 1.165) is 16.5 Å². The molecule has 0 saturated carbocycles. The standard InChI is InChI=1S/C37H45N3O10/c1-10-22-23-16-21(47-34(45)50-36(7,8)9)13-14-27(23)39-30-24(22)18-40-28(30)17-26-25(31(40)42)19-46-32(43)37(26,11-2)48-29(41)15-12-20(3)38-33(44)49-35(4,5)6/h13-14,16-17,20H,10-12,15,18-19H2,1-9H3,(H,38,44)/t20-,37-/m0/s1. The number of hydrogen-bond donors (Lipinski definition) is 1. The first-order valence-electron chi connectivity index (χ1n) is 16.9. The number of nitrogens with one attached hydrogen (secondary N) is 1. The predicted molar refractivity (Wildman–Crippen MR) is 183 cm³/mol. The van der Waals surface area contributed by atoms with Crippen LogP contribution in [0.5, 0.6) is 5.75 Å². The third-order valence-corrected chi connectivity index (χ3v) is 8.52. The van der Waals surface area contributed by atoms with Gasteiger partial charge in [-0.2, -0.15) is 0 Å². The molecular formula is C37H45N3O10. The van der Waals surface area contributed by atoms with Crippen molar-refractivity contribution in [3.63, 3.8) is 0 Å². The molecule has 1 N–H and O–H groups in total. The van der Waals surface area contributed by atoms with Crippen LogP contribution >= 0.6 is 0 Å². The monoisotopic (exact) mass is 691 g/mol. The third-order valence-electron chi connectivity index (χ3n) is 8.52. The average Bonchev–Trinajstić information content (AvgIpc) is 3.37. The van der Waals surface area contributed by atoms with Gasteiger partial charge in [0.25, 0.3) is 5.56 Å². The summed E-state index contributed by atoms with van der Waals surface area (Å²) in [4.78, 5) is 70.2. The Morgan fingerprint density at radius 1 is 1.02 bits per heavy atom. The molecule has 2 aromatic heterocycles. The van der Waals surface area contributed by atoms with Crippen LogP contribution in [0, 0.1) is 0 Å². The van der Waals surface area contributed by atoms with Crippen LogP contribution in [0.1, 0.15) is 104 Å². The van der Waals surface area contributed by atoms with E-state index in [9.17, 15) is 24.0 Å². The van der Waals surface area contributed by atoms with E-state index in [4.69, 9.17) is 28.7 Å². The molecule has 0 fully saturated rings. The number of ether oxygens (including phenoxy) is 5. The Morgan fingerprint density at radius 3 is 2.36 bits per heavy atom. The number of cyclic esters (lactones) is 1. The molecule has 3 aromatic rings. The van der Waals surface area contributed by atoms with Gasteiger partial charge in [0.2, 0.25) is 5.60 Å². The molecule has 2 aliphatic rings. The van der Waals surface area contributed by atoms with E-state index in [1.807, 2.05) is 6.92 Å². The van der Waals surface area contributed by atoms with Crippen LogP contribution in [0.25, 0.3) is 22.3 Å². The van der Waals surface area contributed by atoms with Crippen LogP contribution in [0.15, 0.2) is 29.1 Å². The van der Waals surface area contributed by atoms with Crippen molar-refractivity contribution in [2.75, 3.05) is 0 Å². The number of aromatic nitrogens is 2. The van der Waals surface area contributed by atoms with Gasteiger partial charge in [-0.15, -0.1) is 0 Å². The minimum absolute atomic E-state index is 0.0256. The lowest BCUT2D eigenvalue weighted by molar-refractivity contribution is -0.189. The van der Waals surface area contributed by atoms with Gasteiger partial charge in [0.05, 0.1) is 29.0 Å². The van der Waals surface area contributed by atoms with Crippen molar-refractivity contribution in [1.29, 1.82) is 0 Å². The molecule has 1 aromatic carbocycles.